The van der Waals surface area contributed by atoms with Crippen LogP contribution in [0.15, 0.2) is 23.0 Å². The summed E-state index contributed by atoms with van der Waals surface area (Å²) in [5.41, 5.74) is 1.54. The van der Waals surface area contributed by atoms with E-state index in [2.05, 4.69) is 0 Å². The normalized spacial score (nSPS) is 10.7. The number of rotatable bonds is 1. The third-order valence-corrected chi connectivity index (χ3v) is 3.07. The van der Waals surface area contributed by atoms with Gasteiger partial charge in [0.2, 0.25) is 0 Å². The van der Waals surface area contributed by atoms with Crippen LogP contribution in [0.2, 0.25) is 5.02 Å². The first kappa shape index (κ1) is 10.9. The van der Waals surface area contributed by atoms with Gasteiger partial charge in [0.15, 0.2) is 6.29 Å². The number of carbonyl (C=O) groups excluding carboxylic acids is 1. The highest BCUT2D eigenvalue weighted by Crippen LogP contribution is 2.22. The van der Waals surface area contributed by atoms with Gasteiger partial charge in [-0.25, -0.2) is 0 Å². The van der Waals surface area contributed by atoms with E-state index in [0.29, 0.717) is 11.3 Å². The molecule has 0 atom stereocenters. The fraction of sp³-hybridized carbons (Fsp3) is 0.167. The van der Waals surface area contributed by atoms with Crippen molar-refractivity contribution < 1.29 is 4.79 Å². The van der Waals surface area contributed by atoms with Crippen molar-refractivity contribution in [2.75, 3.05) is 0 Å². The molecule has 0 saturated carbocycles. The van der Waals surface area contributed by atoms with Crippen molar-refractivity contribution in [3.05, 3.63) is 44.7 Å². The van der Waals surface area contributed by atoms with Gasteiger partial charge in [0.1, 0.15) is 0 Å². The van der Waals surface area contributed by atoms with E-state index in [1.54, 1.807) is 19.2 Å². The van der Waals surface area contributed by atoms with Crippen molar-refractivity contribution in [2.45, 2.75) is 6.92 Å². The van der Waals surface area contributed by atoms with Gasteiger partial charge in [-0.1, -0.05) is 11.6 Å². The Labute approximate surface area is 97.3 Å². The number of aldehydes is 1. The van der Waals surface area contributed by atoms with E-state index < -0.39 is 0 Å². The van der Waals surface area contributed by atoms with E-state index in [1.807, 2.05) is 13.0 Å². The Morgan fingerprint density at radius 2 is 2.00 bits per heavy atom. The third-order valence-electron chi connectivity index (χ3n) is 2.66. The van der Waals surface area contributed by atoms with Crippen LogP contribution in [0, 0.1) is 6.92 Å². The molecule has 2 rings (SSSR count). The summed E-state index contributed by atoms with van der Waals surface area (Å²) in [5.74, 6) is 0. The third kappa shape index (κ3) is 1.53. The van der Waals surface area contributed by atoms with E-state index in [-0.39, 0.29) is 11.1 Å². The average Bonchev–Trinajstić information content (AvgIpc) is 2.26. The van der Waals surface area contributed by atoms with E-state index in [9.17, 15) is 9.59 Å². The number of fused-ring (bicyclic) bond motifs is 1. The second-order valence-electron chi connectivity index (χ2n) is 3.74. The molecule has 0 spiro atoms. The summed E-state index contributed by atoms with van der Waals surface area (Å²) < 4.78 is 1.46. The molecule has 1 aromatic heterocycles. The minimum absolute atomic E-state index is 0.148. The van der Waals surface area contributed by atoms with Crippen LogP contribution in [0.1, 0.15) is 15.9 Å². The molecule has 1 aromatic carbocycles. The Morgan fingerprint density at radius 1 is 1.31 bits per heavy atom. The number of pyridine rings is 1. The molecular formula is C12H10ClNO2. The zero-order valence-corrected chi connectivity index (χ0v) is 9.71. The minimum Gasteiger partial charge on any atom is -0.311 e. The quantitative estimate of drug-likeness (QED) is 0.712. The van der Waals surface area contributed by atoms with Gasteiger partial charge >= 0.3 is 0 Å². The van der Waals surface area contributed by atoms with Crippen LogP contribution >= 0.6 is 11.6 Å². The summed E-state index contributed by atoms with van der Waals surface area (Å²) in [7, 11) is 1.64. The van der Waals surface area contributed by atoms with Crippen molar-refractivity contribution in [2.24, 2.45) is 7.05 Å². The lowest BCUT2D eigenvalue weighted by atomic mass is 10.1. The van der Waals surface area contributed by atoms with Crippen LogP contribution in [0.25, 0.3) is 10.9 Å². The van der Waals surface area contributed by atoms with Crippen LogP contribution in [-0.2, 0) is 7.05 Å². The standard InChI is InChI=1S/C12H10ClNO2/c1-7-3-11-8(5-10(7)13)4-9(6-15)12(16)14(11)2/h3-6H,1-2H3. The van der Waals surface area contributed by atoms with E-state index >= 15 is 0 Å². The molecule has 4 heteroatoms. The topological polar surface area (TPSA) is 39.1 Å². The van der Waals surface area contributed by atoms with Gasteiger partial charge in [-0.2, -0.15) is 0 Å². The molecule has 82 valence electrons. The molecule has 3 nitrogen and oxygen atoms in total. The first-order valence-electron chi connectivity index (χ1n) is 4.79. The second-order valence-corrected chi connectivity index (χ2v) is 4.15. The van der Waals surface area contributed by atoms with Crippen LogP contribution < -0.4 is 5.56 Å². The van der Waals surface area contributed by atoms with Crippen LogP contribution in [0.4, 0.5) is 0 Å². The highest BCUT2D eigenvalue weighted by Gasteiger charge is 2.07. The Kier molecular flexibility index (Phi) is 2.56. The number of benzene rings is 1. The summed E-state index contributed by atoms with van der Waals surface area (Å²) >= 11 is 6.00. The largest absolute Gasteiger partial charge is 0.311 e. The molecule has 0 aliphatic heterocycles. The summed E-state index contributed by atoms with van der Waals surface area (Å²) in [6, 6.07) is 5.17. The van der Waals surface area contributed by atoms with E-state index in [1.165, 1.54) is 4.57 Å². The Bertz CT molecular complexity index is 643. The summed E-state index contributed by atoms with van der Waals surface area (Å²) in [6.07, 6.45) is 0.565. The maximum absolute atomic E-state index is 11.7. The zero-order chi connectivity index (χ0) is 11.9. The maximum atomic E-state index is 11.7. The summed E-state index contributed by atoms with van der Waals surface area (Å²) in [4.78, 5) is 22.4. The Hall–Kier alpha value is -1.61. The number of aryl methyl sites for hydroxylation is 2. The molecule has 0 aliphatic carbocycles. The van der Waals surface area contributed by atoms with Crippen LogP contribution in [0.3, 0.4) is 0 Å². The molecule has 0 radical (unpaired) electrons. The van der Waals surface area contributed by atoms with Gasteiger partial charge in [-0.15, -0.1) is 0 Å². The molecule has 0 aliphatic rings. The molecule has 0 saturated heterocycles. The van der Waals surface area contributed by atoms with Gasteiger partial charge in [0.05, 0.1) is 11.1 Å². The molecule has 2 aromatic rings. The highest BCUT2D eigenvalue weighted by molar-refractivity contribution is 6.32. The Balaban J connectivity index is 2.98. The van der Waals surface area contributed by atoms with Gasteiger partial charge in [0.25, 0.3) is 5.56 Å². The van der Waals surface area contributed by atoms with Crippen LogP contribution in [0.5, 0.6) is 0 Å². The molecule has 1 heterocycles. The van der Waals surface area contributed by atoms with Crippen molar-refractivity contribution >= 4 is 28.8 Å². The van der Waals surface area contributed by atoms with Gasteiger partial charge < -0.3 is 4.57 Å². The molecular weight excluding hydrogens is 226 g/mol. The SMILES string of the molecule is Cc1cc2c(cc1Cl)cc(C=O)c(=O)n2C. The van der Waals surface area contributed by atoms with Gasteiger partial charge in [-0.05, 0) is 30.7 Å². The lowest BCUT2D eigenvalue weighted by Gasteiger charge is -2.08. The van der Waals surface area contributed by atoms with Crippen molar-refractivity contribution in [3.63, 3.8) is 0 Å². The molecule has 0 N–H and O–H groups in total. The number of carbonyl (C=O) groups is 1. The lowest BCUT2D eigenvalue weighted by molar-refractivity contribution is 0.112. The summed E-state index contributed by atoms with van der Waals surface area (Å²) in [5, 5.41) is 1.42. The fourth-order valence-corrected chi connectivity index (χ4v) is 1.88. The fourth-order valence-electron chi connectivity index (χ4n) is 1.70. The monoisotopic (exact) mass is 235 g/mol. The number of hydrogen-bond acceptors (Lipinski definition) is 2. The first-order chi connectivity index (χ1) is 7.54. The smallest absolute Gasteiger partial charge is 0.261 e. The molecule has 0 unspecified atom stereocenters. The Morgan fingerprint density at radius 3 is 2.62 bits per heavy atom. The average molecular weight is 236 g/mol. The zero-order valence-electron chi connectivity index (χ0n) is 8.95. The number of hydrogen-bond donors (Lipinski definition) is 0. The minimum atomic E-state index is -0.288. The maximum Gasteiger partial charge on any atom is 0.261 e. The molecule has 0 amide bonds. The number of nitrogens with zero attached hydrogens (tertiary/aromatic N) is 1. The van der Waals surface area contributed by atoms with Crippen molar-refractivity contribution in [1.29, 1.82) is 0 Å². The number of halogens is 1. The van der Waals surface area contributed by atoms with Crippen molar-refractivity contribution in [1.82, 2.24) is 4.57 Å². The van der Waals surface area contributed by atoms with Gasteiger partial charge in [0, 0.05) is 17.5 Å². The van der Waals surface area contributed by atoms with Gasteiger partial charge in [-0.3, -0.25) is 9.59 Å². The lowest BCUT2D eigenvalue weighted by Crippen LogP contribution is -2.20. The summed E-state index contributed by atoms with van der Waals surface area (Å²) in [6.45, 7) is 1.87. The van der Waals surface area contributed by atoms with Crippen LogP contribution in [-0.4, -0.2) is 10.9 Å². The van der Waals surface area contributed by atoms with Crippen molar-refractivity contribution in [3.8, 4) is 0 Å². The van der Waals surface area contributed by atoms with E-state index in [4.69, 9.17) is 11.6 Å². The number of aromatic nitrogens is 1. The second kappa shape index (κ2) is 3.76. The highest BCUT2D eigenvalue weighted by atomic mass is 35.5. The molecule has 16 heavy (non-hydrogen) atoms. The predicted octanol–water partition coefficient (Wildman–Crippen LogP) is 2.31. The van der Waals surface area contributed by atoms with E-state index in [0.717, 1.165) is 16.5 Å². The first-order valence-corrected chi connectivity index (χ1v) is 5.17. The predicted molar refractivity (Wildman–Crippen MR) is 64.3 cm³/mol. The molecule has 0 fully saturated rings. The molecule has 0 bridgehead atoms.